The minimum absolute atomic E-state index is 0.0637. The van der Waals surface area contributed by atoms with Gasteiger partial charge in [-0.25, -0.2) is 9.37 Å². The fourth-order valence-corrected chi connectivity index (χ4v) is 6.33. The second-order valence-corrected chi connectivity index (χ2v) is 11.1. The summed E-state index contributed by atoms with van der Waals surface area (Å²) in [6.07, 6.45) is 3.90. The van der Waals surface area contributed by atoms with Gasteiger partial charge >= 0.3 is 0 Å². The van der Waals surface area contributed by atoms with Crippen molar-refractivity contribution >= 4 is 22.6 Å². The second kappa shape index (κ2) is 9.48. The van der Waals surface area contributed by atoms with Gasteiger partial charge in [-0.1, -0.05) is 11.2 Å². The van der Waals surface area contributed by atoms with Gasteiger partial charge in [0.15, 0.2) is 11.6 Å². The van der Waals surface area contributed by atoms with Crippen LogP contribution in [0.3, 0.4) is 0 Å². The highest BCUT2D eigenvalue weighted by Gasteiger charge is 2.39. The molecule has 8 nitrogen and oxygen atoms in total. The molecule has 2 aliphatic rings. The number of aryl methyl sites for hydroxylation is 2. The van der Waals surface area contributed by atoms with Crippen LogP contribution in [0.2, 0.25) is 0 Å². The van der Waals surface area contributed by atoms with Gasteiger partial charge in [0.2, 0.25) is 5.91 Å². The van der Waals surface area contributed by atoms with E-state index in [-0.39, 0.29) is 23.7 Å². The lowest BCUT2D eigenvalue weighted by Gasteiger charge is -2.35. The Bertz CT molecular complexity index is 1540. The Kier molecular flexibility index (Phi) is 6.21. The van der Waals surface area contributed by atoms with E-state index in [4.69, 9.17) is 14.2 Å². The number of aromatic nitrogens is 3. The minimum Gasteiger partial charge on any atom is -0.494 e. The first-order chi connectivity index (χ1) is 18.7. The van der Waals surface area contributed by atoms with Crippen molar-refractivity contribution in [1.82, 2.24) is 14.7 Å². The zero-order valence-electron chi connectivity index (χ0n) is 22.7. The molecule has 4 aromatic rings. The van der Waals surface area contributed by atoms with E-state index in [9.17, 15) is 14.3 Å². The Morgan fingerprint density at radius 3 is 2.56 bits per heavy atom. The van der Waals surface area contributed by atoms with Crippen LogP contribution in [0.5, 0.6) is 5.75 Å². The number of rotatable bonds is 5. The number of methoxy groups -OCH3 is 1. The molecule has 0 unspecified atom stereocenters. The number of anilines is 1. The van der Waals surface area contributed by atoms with E-state index in [2.05, 4.69) is 27.9 Å². The second-order valence-electron chi connectivity index (χ2n) is 11.1. The van der Waals surface area contributed by atoms with Gasteiger partial charge in [0.1, 0.15) is 11.6 Å². The molecule has 0 spiro atoms. The van der Waals surface area contributed by atoms with Crippen molar-refractivity contribution in [2.24, 2.45) is 0 Å². The number of halogens is 1. The van der Waals surface area contributed by atoms with E-state index in [0.717, 1.165) is 52.3 Å². The monoisotopic (exact) mass is 532 g/mol. The van der Waals surface area contributed by atoms with Crippen LogP contribution in [0.1, 0.15) is 74.8 Å². The van der Waals surface area contributed by atoms with Crippen molar-refractivity contribution in [1.29, 1.82) is 0 Å². The van der Waals surface area contributed by atoms with E-state index < -0.39 is 11.4 Å². The summed E-state index contributed by atoms with van der Waals surface area (Å²) in [5.41, 5.74) is 4.34. The lowest BCUT2D eigenvalue weighted by atomic mass is 9.83. The number of fused-ring (bicyclic) bond motifs is 1. The molecule has 1 amide bonds. The third kappa shape index (κ3) is 4.38. The first kappa shape index (κ1) is 25.6. The summed E-state index contributed by atoms with van der Waals surface area (Å²) in [6, 6.07) is 10.6. The summed E-state index contributed by atoms with van der Waals surface area (Å²) in [5, 5.41) is 14.7. The Balaban J connectivity index is 1.49. The van der Waals surface area contributed by atoms with E-state index >= 15 is 0 Å². The number of nitrogens with zero attached hydrogens (tertiary/aromatic N) is 4. The van der Waals surface area contributed by atoms with E-state index in [0.29, 0.717) is 31.4 Å². The molecule has 2 aromatic carbocycles. The Labute approximate surface area is 226 Å². The van der Waals surface area contributed by atoms with E-state index in [1.54, 1.807) is 17.0 Å². The zero-order valence-corrected chi connectivity index (χ0v) is 22.7. The summed E-state index contributed by atoms with van der Waals surface area (Å²) in [4.78, 5) is 20.0. The van der Waals surface area contributed by atoms with E-state index in [1.807, 2.05) is 20.8 Å². The SMILES string of the molecule is COc1ccc(N2C(=O)CC[C@H]2c2nc3cc(-c4c(C)noc4C)ccc3n2[C@H]2CC[C@@](C)(O)CC2)cc1F. The highest BCUT2D eigenvalue weighted by Crippen LogP contribution is 2.44. The Morgan fingerprint density at radius 2 is 1.90 bits per heavy atom. The van der Waals surface area contributed by atoms with Crippen molar-refractivity contribution in [3.8, 4) is 16.9 Å². The number of amides is 1. The molecule has 6 rings (SSSR count). The third-order valence-electron chi connectivity index (χ3n) is 8.36. The molecule has 2 aromatic heterocycles. The molecule has 3 heterocycles. The van der Waals surface area contributed by atoms with Gasteiger partial charge in [0.25, 0.3) is 0 Å². The maximum Gasteiger partial charge on any atom is 0.227 e. The molecule has 1 saturated heterocycles. The molecule has 1 atom stereocenters. The summed E-state index contributed by atoms with van der Waals surface area (Å²) in [5.74, 6) is 1.09. The summed E-state index contributed by atoms with van der Waals surface area (Å²) in [6.45, 7) is 5.71. The lowest BCUT2D eigenvalue weighted by molar-refractivity contribution is -0.117. The van der Waals surface area contributed by atoms with Crippen LogP contribution >= 0.6 is 0 Å². The molecule has 204 valence electrons. The summed E-state index contributed by atoms with van der Waals surface area (Å²) >= 11 is 0. The molecule has 0 radical (unpaired) electrons. The molecule has 1 aliphatic carbocycles. The normalized spacial score (nSPS) is 23.6. The Hall–Kier alpha value is -3.72. The Morgan fingerprint density at radius 1 is 1.13 bits per heavy atom. The number of carbonyl (C=O) groups is 1. The van der Waals surface area contributed by atoms with Crippen LogP contribution in [0, 0.1) is 19.7 Å². The number of hydrogen-bond acceptors (Lipinski definition) is 6. The van der Waals surface area contributed by atoms with Crippen molar-refractivity contribution in [3.63, 3.8) is 0 Å². The fraction of sp³-hybridized carbons (Fsp3) is 0.433. The topological polar surface area (TPSA) is 93.6 Å². The van der Waals surface area contributed by atoms with Crippen molar-refractivity contribution in [2.45, 2.75) is 77.0 Å². The van der Waals surface area contributed by atoms with Gasteiger partial charge in [-0.2, -0.15) is 0 Å². The first-order valence-corrected chi connectivity index (χ1v) is 13.5. The predicted molar refractivity (Wildman–Crippen MR) is 145 cm³/mol. The molecular weight excluding hydrogens is 499 g/mol. The van der Waals surface area contributed by atoms with Gasteiger partial charge in [0.05, 0.1) is 35.5 Å². The van der Waals surface area contributed by atoms with Gasteiger partial charge in [-0.05, 0) is 82.7 Å². The molecule has 2 fully saturated rings. The quantitative estimate of drug-likeness (QED) is 0.329. The number of imidazole rings is 1. The maximum atomic E-state index is 14.7. The van der Waals surface area contributed by atoms with E-state index in [1.165, 1.54) is 13.2 Å². The molecule has 1 saturated carbocycles. The molecule has 1 aliphatic heterocycles. The highest BCUT2D eigenvalue weighted by atomic mass is 19.1. The van der Waals surface area contributed by atoms with Gasteiger partial charge in [-0.15, -0.1) is 0 Å². The van der Waals surface area contributed by atoms with Gasteiger partial charge < -0.3 is 23.8 Å². The standard InChI is InChI=1S/C30H33FN4O4/c1-17-28(18(2)39-33-17)19-5-7-24-23(15-19)32-29(35(24)20-11-13-30(3,37)14-12-20)25-8-10-27(36)34(25)21-6-9-26(38-4)22(31)16-21/h5-7,9,15-16,20,25,37H,8,10-14H2,1-4H3/t20-,25-,30+/m0/s1. The van der Waals surface area contributed by atoms with Crippen LogP contribution in [-0.2, 0) is 4.79 Å². The van der Waals surface area contributed by atoms with Crippen LogP contribution < -0.4 is 9.64 Å². The minimum atomic E-state index is -0.681. The largest absolute Gasteiger partial charge is 0.494 e. The van der Waals surface area contributed by atoms with Gasteiger partial charge in [0, 0.05) is 29.8 Å². The lowest BCUT2D eigenvalue weighted by Crippen LogP contribution is -2.33. The van der Waals surface area contributed by atoms with Crippen molar-refractivity contribution in [2.75, 3.05) is 12.0 Å². The number of hydrogen-bond donors (Lipinski definition) is 1. The molecular formula is C30H33FN4O4. The van der Waals surface area contributed by atoms with Crippen LogP contribution in [0.15, 0.2) is 40.9 Å². The van der Waals surface area contributed by atoms with Crippen LogP contribution in [0.4, 0.5) is 10.1 Å². The maximum absolute atomic E-state index is 14.7. The smallest absolute Gasteiger partial charge is 0.227 e. The molecule has 9 heteroatoms. The third-order valence-corrected chi connectivity index (χ3v) is 8.36. The zero-order chi connectivity index (χ0) is 27.5. The first-order valence-electron chi connectivity index (χ1n) is 13.5. The fourth-order valence-electron chi connectivity index (χ4n) is 6.33. The average Bonchev–Trinajstić information content (AvgIpc) is 3.57. The number of aliphatic hydroxyl groups is 1. The number of carbonyl (C=O) groups excluding carboxylic acids is 1. The summed E-state index contributed by atoms with van der Waals surface area (Å²) < 4.78 is 27.4. The molecule has 1 N–H and O–H groups in total. The van der Waals surface area contributed by atoms with Gasteiger partial charge in [-0.3, -0.25) is 4.79 Å². The number of ether oxygens (including phenoxy) is 1. The highest BCUT2D eigenvalue weighted by molar-refractivity contribution is 5.96. The van der Waals surface area contributed by atoms with Crippen molar-refractivity contribution in [3.05, 3.63) is 59.5 Å². The molecule has 39 heavy (non-hydrogen) atoms. The van der Waals surface area contributed by atoms with Crippen LogP contribution in [0.25, 0.3) is 22.2 Å². The molecule has 0 bridgehead atoms. The van der Waals surface area contributed by atoms with Crippen molar-refractivity contribution < 1.29 is 23.6 Å². The predicted octanol–water partition coefficient (Wildman–Crippen LogP) is 6.19. The van der Waals surface area contributed by atoms with Crippen LogP contribution in [-0.4, -0.2) is 38.4 Å². The number of benzene rings is 2. The summed E-state index contributed by atoms with van der Waals surface area (Å²) in [7, 11) is 1.42. The average molecular weight is 533 g/mol.